The van der Waals surface area contributed by atoms with Crippen molar-refractivity contribution in [3.63, 3.8) is 0 Å². The summed E-state index contributed by atoms with van der Waals surface area (Å²) in [5.41, 5.74) is -1.72. The maximum Gasteiger partial charge on any atom is 0.344 e. The van der Waals surface area contributed by atoms with Gasteiger partial charge in [0.15, 0.2) is 6.10 Å². The first-order valence-corrected chi connectivity index (χ1v) is 24.0. The number of piperidine rings is 1. The predicted molar refractivity (Wildman–Crippen MR) is 252 cm³/mol. The number of likely N-dealkylation sites (N-methyl/N-ethyl adjacent to an activating group) is 1. The zero-order valence-electron chi connectivity index (χ0n) is 39.9. The van der Waals surface area contributed by atoms with Crippen LogP contribution >= 0.6 is 0 Å². The summed E-state index contributed by atoms with van der Waals surface area (Å²) in [7, 11) is 6.08. The number of fused-ring (bicyclic) bond motifs is 6. The van der Waals surface area contributed by atoms with Crippen LogP contribution in [-0.2, 0) is 45.8 Å². The van der Waals surface area contributed by atoms with Crippen LogP contribution in [0.5, 0.6) is 5.75 Å². The number of halogens is 1. The van der Waals surface area contributed by atoms with E-state index in [1.54, 1.807) is 13.2 Å². The number of amides is 1. The predicted octanol–water partition coefficient (Wildman–Crippen LogP) is 5.57. The number of aromatic amines is 1. The van der Waals surface area contributed by atoms with E-state index in [1.165, 1.54) is 39.3 Å². The lowest BCUT2D eigenvalue weighted by Gasteiger charge is -2.63. The third kappa shape index (κ3) is 6.29. The fraction of sp³-hybridized carbons (Fsp3) is 0.509. The van der Waals surface area contributed by atoms with Gasteiger partial charge in [-0.1, -0.05) is 50.3 Å². The number of hydrogen-bond acceptors (Lipinski definition) is 12. The maximum atomic E-state index is 15.7. The fourth-order valence-electron chi connectivity index (χ4n) is 14.7. The van der Waals surface area contributed by atoms with E-state index in [0.717, 1.165) is 22.0 Å². The van der Waals surface area contributed by atoms with E-state index in [4.69, 9.17) is 18.9 Å². The molecule has 5 aliphatic heterocycles. The largest absolute Gasteiger partial charge is 0.496 e. The summed E-state index contributed by atoms with van der Waals surface area (Å²) in [4.78, 5) is 67.8. The molecule has 1 spiro atoms. The summed E-state index contributed by atoms with van der Waals surface area (Å²) in [6, 6.07) is 16.4. The Hall–Kier alpha value is -5.77. The Balaban J connectivity index is 1.22. The number of ether oxygens (including phenoxy) is 4. The number of anilines is 1. The molecule has 68 heavy (non-hydrogen) atoms. The highest BCUT2D eigenvalue weighted by Gasteiger charge is 2.80. The van der Waals surface area contributed by atoms with Crippen LogP contribution < -0.4 is 15.0 Å². The van der Waals surface area contributed by atoms with Crippen LogP contribution in [0.25, 0.3) is 10.9 Å². The van der Waals surface area contributed by atoms with Gasteiger partial charge < -0.3 is 44.2 Å². The van der Waals surface area contributed by atoms with Gasteiger partial charge in [-0.15, -0.1) is 0 Å². The van der Waals surface area contributed by atoms with Gasteiger partial charge in [0.25, 0.3) is 5.91 Å². The van der Waals surface area contributed by atoms with Crippen LogP contribution in [0.2, 0.25) is 0 Å². The van der Waals surface area contributed by atoms with E-state index >= 15 is 4.79 Å². The Labute approximate surface area is 396 Å². The molecule has 10 rings (SSSR count). The average Bonchev–Trinajstić information content (AvgIpc) is 4.00. The molecule has 2 saturated heterocycles. The number of rotatable bonds is 9. The van der Waals surface area contributed by atoms with Gasteiger partial charge in [0.1, 0.15) is 17.0 Å². The number of carbonyl (C=O) groups is 4. The molecule has 14 nitrogen and oxygen atoms in total. The van der Waals surface area contributed by atoms with Crippen LogP contribution in [-0.4, -0.2) is 134 Å². The first-order valence-electron chi connectivity index (χ1n) is 24.0. The van der Waals surface area contributed by atoms with Gasteiger partial charge in [-0.05, 0) is 92.4 Å². The highest BCUT2D eigenvalue weighted by molar-refractivity contribution is 5.96. The maximum absolute atomic E-state index is 15.7. The number of esters is 3. The molecule has 2 bridgehead atoms. The summed E-state index contributed by atoms with van der Waals surface area (Å²) < 4.78 is 38.6. The molecule has 3 N–H and O–H groups in total. The highest BCUT2D eigenvalue weighted by atomic mass is 19.1. The minimum Gasteiger partial charge on any atom is -0.496 e. The lowest BCUT2D eigenvalue weighted by molar-refractivity contribution is -0.228. The lowest BCUT2D eigenvalue weighted by atomic mass is 9.47. The quantitative estimate of drug-likeness (QED) is 0.109. The van der Waals surface area contributed by atoms with E-state index in [0.29, 0.717) is 87.5 Å². The van der Waals surface area contributed by atoms with Crippen molar-refractivity contribution in [2.75, 3.05) is 66.0 Å². The third-order valence-electron chi connectivity index (χ3n) is 17.1. The van der Waals surface area contributed by atoms with Crippen molar-refractivity contribution in [2.45, 2.75) is 99.5 Å². The van der Waals surface area contributed by atoms with E-state index < -0.39 is 63.3 Å². The molecule has 0 radical (unpaired) electrons. The molecule has 6 heterocycles. The van der Waals surface area contributed by atoms with Crippen LogP contribution in [0.3, 0.4) is 0 Å². The third-order valence-corrected chi connectivity index (χ3v) is 17.1. The molecule has 360 valence electrons. The molecule has 15 heteroatoms. The van der Waals surface area contributed by atoms with Crippen LogP contribution in [0, 0.1) is 17.2 Å². The Bertz CT molecular complexity index is 2760. The number of aromatic nitrogens is 1. The Kier molecular flexibility index (Phi) is 11.1. The molecule has 6 aliphatic rings. The molecule has 1 unspecified atom stereocenters. The number of hydrogen-bond donors (Lipinski definition) is 3. The van der Waals surface area contributed by atoms with Gasteiger partial charge in [-0.2, -0.15) is 0 Å². The van der Waals surface area contributed by atoms with Crippen molar-refractivity contribution in [3.8, 4) is 5.75 Å². The highest BCUT2D eigenvalue weighted by Crippen LogP contribution is 2.68. The summed E-state index contributed by atoms with van der Waals surface area (Å²) in [5.74, 6) is -2.66. The minimum absolute atomic E-state index is 0.193. The number of para-hydroxylation sites is 1. The van der Waals surface area contributed by atoms with Crippen molar-refractivity contribution in [1.82, 2.24) is 20.1 Å². The minimum atomic E-state index is -2.35. The number of methoxy groups -OCH3 is 3. The number of nitrogens with zero attached hydrogens (tertiary/aromatic N) is 3. The molecule has 10 atom stereocenters. The second kappa shape index (κ2) is 16.4. The van der Waals surface area contributed by atoms with Crippen molar-refractivity contribution >= 4 is 40.4 Å². The van der Waals surface area contributed by atoms with Gasteiger partial charge in [0.2, 0.25) is 5.60 Å². The zero-order chi connectivity index (χ0) is 48.1. The molecule has 1 saturated carbocycles. The number of carbonyl (C=O) groups excluding carboxylic acids is 4. The first-order chi connectivity index (χ1) is 32.6. The van der Waals surface area contributed by atoms with E-state index in [1.807, 2.05) is 55.3 Å². The van der Waals surface area contributed by atoms with Crippen molar-refractivity contribution in [3.05, 3.63) is 107 Å². The van der Waals surface area contributed by atoms with Gasteiger partial charge >= 0.3 is 17.9 Å². The SMILES string of the molecule is CC[C@]1(NC(=O)c2cccc(F)c2)C[C@H]2CN(CCc3c([nH]c4ccccc34)[C@@](C(=O)OC)(c3cc4c(cc3OC)N(C)[C@H]3[C@@](O)(C(=O)OC)[C@H](OC(C)=O)[C@]5(CC)C=CCN6CC[C@]43[C@@H]65)C2)C1. The van der Waals surface area contributed by atoms with Crippen molar-refractivity contribution in [1.29, 1.82) is 0 Å². The van der Waals surface area contributed by atoms with E-state index in [2.05, 4.69) is 39.2 Å². The number of benzene rings is 3. The molecular weight excluding hydrogens is 870 g/mol. The van der Waals surface area contributed by atoms with Gasteiger partial charge in [0, 0.05) is 96.5 Å². The molecule has 3 fully saturated rings. The normalized spacial score (nSPS) is 33.5. The second-order valence-electron chi connectivity index (χ2n) is 20.2. The number of H-pyrrole nitrogens is 1. The molecule has 3 aromatic carbocycles. The summed E-state index contributed by atoms with van der Waals surface area (Å²) in [6.07, 6.45) is 5.66. The summed E-state index contributed by atoms with van der Waals surface area (Å²) in [5, 5.41) is 17.8. The van der Waals surface area contributed by atoms with Crippen LogP contribution in [0.4, 0.5) is 10.1 Å². The second-order valence-corrected chi connectivity index (χ2v) is 20.2. The average molecular weight is 932 g/mol. The van der Waals surface area contributed by atoms with Crippen LogP contribution in [0.1, 0.15) is 85.6 Å². The Morgan fingerprint density at radius 2 is 1.71 bits per heavy atom. The number of nitrogens with one attached hydrogen (secondary N) is 2. The van der Waals surface area contributed by atoms with E-state index in [-0.39, 0.29) is 29.9 Å². The molecule has 1 aliphatic carbocycles. The lowest BCUT2D eigenvalue weighted by Crippen LogP contribution is -2.81. The Morgan fingerprint density at radius 1 is 0.926 bits per heavy atom. The monoisotopic (exact) mass is 931 g/mol. The molecule has 1 aromatic heterocycles. The molecule has 1 amide bonds. The first kappa shape index (κ1) is 46.0. The van der Waals surface area contributed by atoms with Gasteiger partial charge in [-0.3, -0.25) is 19.3 Å². The van der Waals surface area contributed by atoms with Crippen molar-refractivity contribution in [2.24, 2.45) is 11.3 Å². The van der Waals surface area contributed by atoms with Crippen LogP contribution in [0.15, 0.2) is 72.8 Å². The Morgan fingerprint density at radius 3 is 2.41 bits per heavy atom. The fourth-order valence-corrected chi connectivity index (χ4v) is 14.7. The zero-order valence-corrected chi connectivity index (χ0v) is 39.9. The van der Waals surface area contributed by atoms with Gasteiger partial charge in [-0.25, -0.2) is 9.18 Å². The summed E-state index contributed by atoms with van der Waals surface area (Å²) >= 11 is 0. The van der Waals surface area contributed by atoms with E-state index in [9.17, 15) is 23.9 Å². The topological polar surface area (TPSA) is 163 Å². The standard InChI is InChI=1S/C53H62FN5O9/c1-8-49(56-43(61)33-14-12-15-34(54)24-33)27-32-28-52(47(62)66-6,42-36(18-22-58(29-32)30-49)35-16-10-11-17-39(35)55-42)38-25-37-40(26-41(38)65-5)57(4)45-51(37)20-23-59-21-13-19-50(9-2,44(51)59)46(68-31(3)60)53(45,64)48(63)67-7/h10-17,19,24-26,32,44-46,55,64H,8-9,18,20-23,27-30H2,1-7H3,(H,56,61)/t32-,44+,45-,46-,49+,50-,51-,52+,53+/m1/s1. The van der Waals surface area contributed by atoms with Gasteiger partial charge in [0.05, 0.1) is 32.9 Å². The summed E-state index contributed by atoms with van der Waals surface area (Å²) in [6.45, 7) is 8.41. The van der Waals surface area contributed by atoms with Crippen molar-refractivity contribution < 1.29 is 47.6 Å². The molecule has 4 aromatic rings. The molecular formula is C53H62FN5O9. The smallest absolute Gasteiger partial charge is 0.344 e. The number of aliphatic hydroxyl groups is 1.